The average molecular weight is 1570 g/mol. The summed E-state index contributed by atoms with van der Waals surface area (Å²) in [6.07, 6.45) is 25.7. The topological polar surface area (TPSA) is 243 Å². The molecule has 9 aliphatic rings. The predicted molar refractivity (Wildman–Crippen MR) is 436 cm³/mol. The fourth-order valence-corrected chi connectivity index (χ4v) is 24.8. The SMILES string of the molecule is CCC(CC(CC(C)C1CCC(O)C(C(C)C2CCC(O)C(C(C)C3CCC(OC(=O)OC(C)(C)C)C(C(C)C4CCC(OC(=O)OC(C)(C)C)CC4)C3)C2)C1)C1CCC(OC(=O)OC(C)(C)C)CC1)C1CCC(O)C(C(C)C2CCC(O)C(C(C)C3CCC(O)C(C(C)C4CCC(OC(=O)OC(C)(C)C)CC4)C3)C2)C1. The summed E-state index contributed by atoms with van der Waals surface area (Å²) in [7, 11) is 0. The van der Waals surface area contributed by atoms with Gasteiger partial charge in [-0.3, -0.25) is 0 Å². The monoisotopic (exact) mass is 1570 g/mol. The van der Waals surface area contributed by atoms with Crippen molar-refractivity contribution in [2.75, 3.05) is 0 Å². The van der Waals surface area contributed by atoms with Crippen molar-refractivity contribution in [3.05, 3.63) is 0 Å². The van der Waals surface area contributed by atoms with Crippen LogP contribution in [0.1, 0.15) is 350 Å². The Morgan fingerprint density at radius 1 is 0.279 bits per heavy atom. The molecule has 9 rings (SSSR count). The van der Waals surface area contributed by atoms with Crippen molar-refractivity contribution >= 4 is 24.6 Å². The lowest BCUT2D eigenvalue weighted by atomic mass is 9.58. The third-order valence-electron chi connectivity index (χ3n) is 31.6. The van der Waals surface area contributed by atoms with Crippen LogP contribution in [0.2, 0.25) is 0 Å². The number of rotatable bonds is 24. The van der Waals surface area contributed by atoms with Gasteiger partial charge in [-0.2, -0.15) is 0 Å². The van der Waals surface area contributed by atoms with E-state index in [0.29, 0.717) is 94.7 Å². The van der Waals surface area contributed by atoms with Crippen LogP contribution in [-0.2, 0) is 37.9 Å². The highest BCUT2D eigenvalue weighted by atomic mass is 16.8. The van der Waals surface area contributed by atoms with E-state index in [1.807, 2.05) is 83.1 Å². The summed E-state index contributed by atoms with van der Waals surface area (Å²) in [5.41, 5.74) is -2.52. The summed E-state index contributed by atoms with van der Waals surface area (Å²) in [5, 5.41) is 60.2. The summed E-state index contributed by atoms with van der Waals surface area (Å²) in [6, 6.07) is 0. The number of aliphatic hydroxyl groups excluding tert-OH is 5. The van der Waals surface area contributed by atoms with Gasteiger partial charge in [0.25, 0.3) is 0 Å². The van der Waals surface area contributed by atoms with Crippen molar-refractivity contribution in [1.82, 2.24) is 0 Å². The predicted octanol–water partition coefficient (Wildman–Crippen LogP) is 22.0. The maximum Gasteiger partial charge on any atom is 0.509 e. The van der Waals surface area contributed by atoms with Gasteiger partial charge in [-0.1, -0.05) is 61.8 Å². The Bertz CT molecular complexity index is 2830. The van der Waals surface area contributed by atoms with Crippen molar-refractivity contribution in [3.63, 3.8) is 0 Å². The third kappa shape index (κ3) is 26.4. The molecule has 9 fully saturated rings. The number of hydrogen-bond donors (Lipinski definition) is 5. The molecule has 642 valence electrons. The molecule has 0 spiro atoms. The number of carbonyl (C=O) groups excluding carboxylic acids is 4. The van der Waals surface area contributed by atoms with E-state index in [9.17, 15) is 44.7 Å². The molecule has 0 saturated heterocycles. The van der Waals surface area contributed by atoms with Gasteiger partial charge in [-0.05, 0) is 431 Å². The second-order valence-corrected chi connectivity index (χ2v) is 43.3. The van der Waals surface area contributed by atoms with E-state index < -0.39 is 53.1 Å². The number of carbonyl (C=O) groups is 4. The van der Waals surface area contributed by atoms with Crippen LogP contribution in [0.25, 0.3) is 0 Å². The van der Waals surface area contributed by atoms with E-state index in [0.717, 1.165) is 212 Å². The van der Waals surface area contributed by atoms with Gasteiger partial charge in [0.15, 0.2) is 0 Å². The molecule has 27 unspecified atom stereocenters. The molecule has 111 heavy (non-hydrogen) atoms. The summed E-state index contributed by atoms with van der Waals surface area (Å²) in [4.78, 5) is 51.7. The average Bonchev–Trinajstić information content (AvgIpc) is 0.793. The van der Waals surface area contributed by atoms with Crippen LogP contribution in [0.15, 0.2) is 0 Å². The summed E-state index contributed by atoms with van der Waals surface area (Å²) < 4.78 is 46.3. The van der Waals surface area contributed by atoms with E-state index in [-0.39, 0.29) is 96.2 Å². The first-order valence-electron chi connectivity index (χ1n) is 46.0. The fourth-order valence-electron chi connectivity index (χ4n) is 24.8. The first-order valence-corrected chi connectivity index (χ1v) is 46.0. The third-order valence-corrected chi connectivity index (χ3v) is 31.6. The zero-order valence-electron chi connectivity index (χ0n) is 73.5. The number of hydrogen-bond acceptors (Lipinski definition) is 17. The molecular formula is C94H164O17. The maximum absolute atomic E-state index is 13.4. The molecule has 0 radical (unpaired) electrons. The highest BCUT2D eigenvalue weighted by Crippen LogP contribution is 2.55. The molecule has 0 heterocycles. The van der Waals surface area contributed by atoms with Gasteiger partial charge in [0, 0.05) is 0 Å². The van der Waals surface area contributed by atoms with Gasteiger partial charge in [0.2, 0.25) is 0 Å². The minimum atomic E-state index is -0.676. The van der Waals surface area contributed by atoms with Gasteiger partial charge < -0.3 is 63.4 Å². The lowest BCUT2D eigenvalue weighted by Gasteiger charge is -2.48. The summed E-state index contributed by atoms with van der Waals surface area (Å²) >= 11 is 0. The van der Waals surface area contributed by atoms with Crippen molar-refractivity contribution in [3.8, 4) is 0 Å². The van der Waals surface area contributed by atoms with Crippen molar-refractivity contribution in [1.29, 1.82) is 0 Å². The Morgan fingerprint density at radius 3 is 0.847 bits per heavy atom. The number of aliphatic hydroxyl groups is 5. The van der Waals surface area contributed by atoms with E-state index in [2.05, 4.69) is 55.4 Å². The van der Waals surface area contributed by atoms with Gasteiger partial charge >= 0.3 is 24.6 Å². The second kappa shape index (κ2) is 40.1. The molecule has 17 heteroatoms. The molecule has 0 amide bonds. The van der Waals surface area contributed by atoms with Gasteiger partial charge in [0.1, 0.15) is 46.8 Å². The van der Waals surface area contributed by atoms with Gasteiger partial charge in [-0.25, -0.2) is 19.2 Å². The van der Waals surface area contributed by atoms with Crippen LogP contribution in [-0.4, -0.2) is 127 Å². The van der Waals surface area contributed by atoms with E-state index in [4.69, 9.17) is 37.9 Å². The van der Waals surface area contributed by atoms with Crippen molar-refractivity contribution in [2.24, 2.45) is 142 Å². The van der Waals surface area contributed by atoms with Crippen LogP contribution in [0.5, 0.6) is 0 Å². The zero-order valence-corrected chi connectivity index (χ0v) is 73.5. The quantitative estimate of drug-likeness (QED) is 0.0445. The van der Waals surface area contributed by atoms with Crippen LogP contribution >= 0.6 is 0 Å². The van der Waals surface area contributed by atoms with Crippen LogP contribution in [0.3, 0.4) is 0 Å². The van der Waals surface area contributed by atoms with Crippen molar-refractivity contribution < 1.29 is 82.6 Å². The van der Waals surface area contributed by atoms with Gasteiger partial charge in [-0.15, -0.1) is 0 Å². The summed E-state index contributed by atoms with van der Waals surface area (Å²) in [5.74, 6) is 8.25. The van der Waals surface area contributed by atoms with Crippen molar-refractivity contribution in [2.45, 2.75) is 428 Å². The lowest BCUT2D eigenvalue weighted by molar-refractivity contribution is -0.0830. The maximum atomic E-state index is 13.4. The van der Waals surface area contributed by atoms with E-state index in [1.165, 1.54) is 0 Å². The number of ether oxygens (including phenoxy) is 8. The first kappa shape index (κ1) is 91.8. The molecule has 5 N–H and O–H groups in total. The largest absolute Gasteiger partial charge is 0.509 e. The van der Waals surface area contributed by atoms with E-state index >= 15 is 0 Å². The minimum absolute atomic E-state index is 0.116. The molecule has 9 aliphatic carbocycles. The lowest BCUT2D eigenvalue weighted by Crippen LogP contribution is -2.45. The fraction of sp³-hybridized carbons (Fsp3) is 0.957. The van der Waals surface area contributed by atoms with Crippen LogP contribution in [0.4, 0.5) is 19.2 Å². The van der Waals surface area contributed by atoms with Gasteiger partial charge in [0.05, 0.1) is 30.5 Å². The zero-order chi connectivity index (χ0) is 81.4. The first-order chi connectivity index (χ1) is 52.0. The Kier molecular flexibility index (Phi) is 33.1. The Morgan fingerprint density at radius 2 is 0.523 bits per heavy atom. The molecular weight excluding hydrogens is 1400 g/mol. The molecule has 0 aromatic carbocycles. The normalized spacial score (nSPS) is 38.2. The highest BCUT2D eigenvalue weighted by molar-refractivity contribution is 5.62. The van der Waals surface area contributed by atoms with Crippen LogP contribution in [0, 0.1) is 142 Å². The Balaban J connectivity index is 0.829. The molecule has 0 aliphatic heterocycles. The highest BCUT2D eigenvalue weighted by Gasteiger charge is 2.50. The molecule has 0 bridgehead atoms. The Hall–Kier alpha value is -3.12. The minimum Gasteiger partial charge on any atom is -0.431 e. The molecule has 17 nitrogen and oxygen atoms in total. The van der Waals surface area contributed by atoms with Crippen LogP contribution < -0.4 is 0 Å². The van der Waals surface area contributed by atoms with E-state index in [1.54, 1.807) is 0 Å². The summed E-state index contributed by atoms with van der Waals surface area (Å²) in [6.45, 7) is 41.7. The molecule has 27 atom stereocenters. The Labute approximate surface area is 673 Å². The molecule has 9 saturated carbocycles. The standard InChI is InChI=1S/C94H164O17/c1-21-61(70-32-44-85(99)79(53-70)59(7)68-31-43-83(97)77(51-68)58(6)66-29-41-82(96)76(49-66)55(3)62-22-34-72(35-23-62)104-87(100)108-91(9,10)11)47-71(64-26-38-74(39-27-64)106-89(102)110-93(15,16)17)46-54(2)65-28-40-81(95)75(48-65)57(5)67-30-42-84(98)78(50-67)60(8)69-33-45-86(107-90(103)111-94(18,19)20)80(52-69)56(4)63-24-36-73(37-25-63)105-88(101)109-92(12,13)14/h54-86,95-99H,21-53H2,1-20H3. The molecule has 0 aromatic rings. The second-order valence-electron chi connectivity index (χ2n) is 43.3. The smallest absolute Gasteiger partial charge is 0.431 e. The molecule has 0 aromatic heterocycles.